The maximum atomic E-state index is 16.0. The van der Waals surface area contributed by atoms with Gasteiger partial charge in [0.2, 0.25) is 5.91 Å². The van der Waals surface area contributed by atoms with Gasteiger partial charge in [-0.2, -0.15) is 18.0 Å². The molecule has 5 rings (SSSR count). The van der Waals surface area contributed by atoms with Gasteiger partial charge in [-0.25, -0.2) is 13.8 Å². The van der Waals surface area contributed by atoms with E-state index in [1.165, 1.54) is 24.0 Å². The molecule has 1 aromatic heterocycles. The Morgan fingerprint density at radius 2 is 1.94 bits per heavy atom. The maximum Gasteiger partial charge on any atom is 0.301 e. The third kappa shape index (κ3) is 6.95. The molecular formula is C32H38F2N6O6S. The average molecular weight is 673 g/mol. The average Bonchev–Trinajstić information content (AvgIpc) is 3.41. The highest BCUT2D eigenvalue weighted by Crippen LogP contribution is 2.41. The highest BCUT2D eigenvalue weighted by molar-refractivity contribution is 7.90. The zero-order valence-electron chi connectivity index (χ0n) is 27.0. The fourth-order valence-electron chi connectivity index (χ4n) is 5.93. The molecule has 0 bridgehead atoms. The summed E-state index contributed by atoms with van der Waals surface area (Å²) >= 11 is 0. The van der Waals surface area contributed by atoms with Crippen LogP contribution in [0.1, 0.15) is 65.0 Å². The number of nitrogens with one attached hydrogen (secondary N) is 1. The molecule has 0 unspecified atom stereocenters. The third-order valence-electron chi connectivity index (χ3n) is 8.67. The minimum atomic E-state index is -4.08. The number of benzene rings is 2. The van der Waals surface area contributed by atoms with Crippen LogP contribution in [0.25, 0.3) is 10.9 Å². The van der Waals surface area contributed by atoms with Gasteiger partial charge >= 0.3 is 10.2 Å². The number of hydrogen-bond acceptors (Lipinski definition) is 8. The molecule has 0 radical (unpaired) electrons. The van der Waals surface area contributed by atoms with Crippen molar-refractivity contribution < 1.29 is 31.5 Å². The summed E-state index contributed by atoms with van der Waals surface area (Å²) < 4.78 is 72.3. The van der Waals surface area contributed by atoms with Crippen LogP contribution in [0.15, 0.2) is 35.4 Å². The number of anilines is 1. The van der Waals surface area contributed by atoms with Crippen LogP contribution in [0.4, 0.5) is 14.5 Å². The molecule has 2 aliphatic heterocycles. The van der Waals surface area contributed by atoms with Crippen LogP contribution in [-0.2, 0) is 19.7 Å². The first kappa shape index (κ1) is 34.2. The molecule has 12 nitrogen and oxygen atoms in total. The summed E-state index contributed by atoms with van der Waals surface area (Å²) in [5.41, 5.74) is -2.07. The lowest BCUT2D eigenvalue weighted by atomic mass is 9.86. The number of rotatable bonds is 8. The van der Waals surface area contributed by atoms with Crippen LogP contribution in [0.2, 0.25) is 0 Å². The van der Waals surface area contributed by atoms with E-state index >= 15 is 4.39 Å². The summed E-state index contributed by atoms with van der Waals surface area (Å²) in [4.78, 5) is 32.5. The number of ether oxygens (including phenoxy) is 2. The topological polar surface area (TPSA) is 147 Å². The molecule has 252 valence electrons. The van der Waals surface area contributed by atoms with Gasteiger partial charge in [0.05, 0.1) is 35.8 Å². The first-order chi connectivity index (χ1) is 22.1. The second-order valence-corrected chi connectivity index (χ2v) is 15.0. The van der Waals surface area contributed by atoms with E-state index in [-0.39, 0.29) is 35.7 Å². The number of halogens is 2. The Morgan fingerprint density at radius 3 is 2.57 bits per heavy atom. The van der Waals surface area contributed by atoms with Crippen molar-refractivity contribution in [3.63, 3.8) is 0 Å². The number of carbonyl (C=O) groups is 1. The smallest absolute Gasteiger partial charge is 0.301 e. The molecule has 47 heavy (non-hydrogen) atoms. The second-order valence-electron chi connectivity index (χ2n) is 13.2. The molecule has 2 fully saturated rings. The number of piperidine rings is 1. The van der Waals surface area contributed by atoms with E-state index in [1.807, 2.05) is 25.7 Å². The number of amides is 1. The molecule has 15 heteroatoms. The molecule has 2 saturated heterocycles. The molecule has 0 saturated carbocycles. The number of carbonyl (C=O) groups excluding carboxylic acids is 1. The largest absolute Gasteiger partial charge is 0.450 e. The lowest BCUT2D eigenvalue weighted by Crippen LogP contribution is -2.47. The van der Waals surface area contributed by atoms with E-state index < -0.39 is 61.5 Å². The number of aromatic nitrogens is 2. The Kier molecular flexibility index (Phi) is 9.33. The fourth-order valence-corrected chi connectivity index (χ4v) is 6.87. The summed E-state index contributed by atoms with van der Waals surface area (Å²) in [7, 11) is -2.76. The number of hydrogen-bond donors (Lipinski definition) is 1. The number of likely N-dealkylation sites (tertiary alicyclic amines) is 1. The fraction of sp³-hybridized carbons (Fsp3) is 0.500. The van der Waals surface area contributed by atoms with Crippen LogP contribution >= 0.6 is 0 Å². The van der Waals surface area contributed by atoms with E-state index in [4.69, 9.17) is 9.47 Å². The van der Waals surface area contributed by atoms with Gasteiger partial charge in [0.25, 0.3) is 5.56 Å². The molecular weight excluding hydrogens is 634 g/mol. The van der Waals surface area contributed by atoms with Crippen LogP contribution in [0.3, 0.4) is 0 Å². The van der Waals surface area contributed by atoms with Gasteiger partial charge in [0, 0.05) is 33.1 Å². The molecule has 2 aromatic carbocycles. The Balaban J connectivity index is 1.40. The van der Waals surface area contributed by atoms with Gasteiger partial charge < -0.3 is 14.4 Å². The van der Waals surface area contributed by atoms with Gasteiger partial charge in [0.15, 0.2) is 23.1 Å². The first-order valence-electron chi connectivity index (χ1n) is 15.3. The summed E-state index contributed by atoms with van der Waals surface area (Å²) in [6, 6.07) is 5.72. The van der Waals surface area contributed by atoms with Gasteiger partial charge in [-0.3, -0.25) is 18.9 Å². The monoisotopic (exact) mass is 672 g/mol. The normalized spacial score (nSPS) is 18.1. The third-order valence-corrected chi connectivity index (χ3v) is 10.2. The second kappa shape index (κ2) is 12.8. The quantitative estimate of drug-likeness (QED) is 0.362. The minimum Gasteiger partial charge on any atom is -0.450 e. The van der Waals surface area contributed by atoms with E-state index in [1.54, 1.807) is 13.0 Å². The Labute approximate surface area is 272 Å². The molecule has 3 heterocycles. The van der Waals surface area contributed by atoms with Gasteiger partial charge in [0.1, 0.15) is 17.0 Å². The Hall–Kier alpha value is -4.13. The summed E-state index contributed by atoms with van der Waals surface area (Å²) in [5.74, 6) is -3.33. The van der Waals surface area contributed by atoms with E-state index in [0.717, 1.165) is 22.5 Å². The van der Waals surface area contributed by atoms with Gasteiger partial charge in [-0.1, -0.05) is 27.7 Å². The lowest BCUT2D eigenvalue weighted by molar-refractivity contribution is -0.137. The van der Waals surface area contributed by atoms with Crippen molar-refractivity contribution in [2.24, 2.45) is 5.41 Å². The summed E-state index contributed by atoms with van der Waals surface area (Å²) in [5, 5.41) is 9.40. The number of nitriles is 1. The molecule has 1 amide bonds. The number of nitrogens with zero attached hydrogens (tertiary/aromatic N) is 5. The molecule has 1 atom stereocenters. The SMILES string of the molecule is CCN(C)S(=O)(=O)Nc1ccc(F)c(Oc2ccc3ncn([C@H]4COC5(CCN(C(=O)CC(C)(C)C)CC5)C4)c(=O)c3c2F)c1C#N. The van der Waals surface area contributed by atoms with Crippen LogP contribution in [0, 0.1) is 28.4 Å². The zero-order valence-corrected chi connectivity index (χ0v) is 27.8. The van der Waals surface area contributed by atoms with Gasteiger partial charge in [-0.05, 0) is 48.9 Å². The Bertz CT molecular complexity index is 1910. The molecule has 0 aliphatic carbocycles. The van der Waals surface area contributed by atoms with E-state index in [0.29, 0.717) is 38.8 Å². The molecule has 2 aliphatic rings. The van der Waals surface area contributed by atoms with E-state index in [2.05, 4.69) is 9.71 Å². The van der Waals surface area contributed by atoms with Crippen molar-refractivity contribution in [2.45, 2.75) is 65.0 Å². The van der Waals surface area contributed by atoms with Crippen molar-refractivity contribution in [1.82, 2.24) is 18.8 Å². The van der Waals surface area contributed by atoms with Crippen molar-refractivity contribution >= 4 is 32.7 Å². The molecule has 3 aromatic rings. The van der Waals surface area contributed by atoms with Gasteiger partial charge in [-0.15, -0.1) is 0 Å². The molecule has 1 N–H and O–H groups in total. The lowest BCUT2D eigenvalue weighted by Gasteiger charge is -2.39. The Morgan fingerprint density at radius 1 is 1.23 bits per heavy atom. The predicted molar refractivity (Wildman–Crippen MR) is 170 cm³/mol. The van der Waals surface area contributed by atoms with Crippen LogP contribution < -0.4 is 15.0 Å². The van der Waals surface area contributed by atoms with E-state index in [9.17, 15) is 27.7 Å². The van der Waals surface area contributed by atoms with Crippen molar-refractivity contribution in [3.8, 4) is 17.6 Å². The van der Waals surface area contributed by atoms with Crippen molar-refractivity contribution in [1.29, 1.82) is 5.26 Å². The molecule has 1 spiro atoms. The highest BCUT2D eigenvalue weighted by Gasteiger charge is 2.44. The first-order valence-corrected chi connectivity index (χ1v) is 16.8. The summed E-state index contributed by atoms with van der Waals surface area (Å²) in [6.45, 7) is 9.08. The maximum absolute atomic E-state index is 16.0. The minimum absolute atomic E-state index is 0.0421. The predicted octanol–water partition coefficient (Wildman–Crippen LogP) is 4.71. The zero-order chi connectivity index (χ0) is 34.3. The highest BCUT2D eigenvalue weighted by atomic mass is 32.2. The van der Waals surface area contributed by atoms with Crippen molar-refractivity contribution in [2.75, 3.05) is 38.0 Å². The van der Waals surface area contributed by atoms with Crippen LogP contribution in [0.5, 0.6) is 11.5 Å². The van der Waals surface area contributed by atoms with Crippen molar-refractivity contribution in [3.05, 3.63) is 58.1 Å². The van der Waals surface area contributed by atoms with Crippen LogP contribution in [-0.4, -0.2) is 72.0 Å². The number of fused-ring (bicyclic) bond motifs is 1. The standard InChI is InChI=1S/C32H38F2N6O6S/c1-6-38(5)47(43,44)37-23-8-7-22(33)29(21(23)17-35)46-25-10-9-24-27(28(25)34)30(42)40(19-36-24)20-15-32(45-18-20)11-13-39(14-12-32)26(41)16-31(2,3)4/h7-10,19-20,37H,6,11-16,18H2,1-5H3/t20-/m1/s1. The summed E-state index contributed by atoms with van der Waals surface area (Å²) in [6.07, 6.45) is 3.49.